The Morgan fingerprint density at radius 3 is 2.50 bits per heavy atom. The molecule has 0 radical (unpaired) electrons. The van der Waals surface area contributed by atoms with Crippen molar-refractivity contribution in [3.63, 3.8) is 0 Å². The lowest BCUT2D eigenvalue weighted by atomic mass is 10.1. The normalized spacial score (nSPS) is 12.5. The Balaban J connectivity index is 2.56. The summed E-state index contributed by atoms with van der Waals surface area (Å²) in [6.45, 7) is 8.93. The summed E-state index contributed by atoms with van der Waals surface area (Å²) in [6.07, 6.45) is 0. The van der Waals surface area contributed by atoms with E-state index in [9.17, 15) is 0 Å². The van der Waals surface area contributed by atoms with E-state index in [0.717, 1.165) is 16.6 Å². The molecule has 0 spiro atoms. The minimum Gasteiger partial charge on any atom is -0.306 e. The minimum atomic E-state index is 0.375. The van der Waals surface area contributed by atoms with Crippen LogP contribution in [0.3, 0.4) is 0 Å². The van der Waals surface area contributed by atoms with Gasteiger partial charge in [-0.2, -0.15) is 0 Å². The van der Waals surface area contributed by atoms with E-state index in [4.69, 9.17) is 0 Å². The van der Waals surface area contributed by atoms with Gasteiger partial charge in [-0.05, 0) is 31.5 Å². The van der Waals surface area contributed by atoms with Crippen LogP contribution in [0.4, 0.5) is 0 Å². The highest BCUT2D eigenvalue weighted by Crippen LogP contribution is 2.16. The van der Waals surface area contributed by atoms with Crippen LogP contribution in [-0.2, 0) is 0 Å². The number of hydrogen-bond donors (Lipinski definition) is 1. The van der Waals surface area contributed by atoms with Gasteiger partial charge in [-0.15, -0.1) is 0 Å². The Morgan fingerprint density at radius 1 is 1.43 bits per heavy atom. The van der Waals surface area contributed by atoms with Crippen LogP contribution in [0.1, 0.15) is 25.5 Å². The van der Waals surface area contributed by atoms with Crippen molar-refractivity contribution in [2.24, 2.45) is 0 Å². The predicted molar refractivity (Wildman–Crippen MR) is 65.4 cm³/mol. The van der Waals surface area contributed by atoms with Gasteiger partial charge in [-0.1, -0.05) is 40.2 Å². The summed E-state index contributed by atoms with van der Waals surface area (Å²) in [6, 6.07) is 8.75. The number of hydrogen-bond acceptors (Lipinski definition) is 1. The van der Waals surface area contributed by atoms with Gasteiger partial charge in [-0.3, -0.25) is 0 Å². The monoisotopic (exact) mass is 253 g/mol. The third-order valence-electron chi connectivity index (χ3n) is 2.08. The first-order valence-corrected chi connectivity index (χ1v) is 5.52. The molecule has 0 fully saturated rings. The molecule has 1 aromatic rings. The van der Waals surface area contributed by atoms with Gasteiger partial charge in [0.2, 0.25) is 0 Å². The second-order valence-electron chi connectivity index (χ2n) is 3.61. The fourth-order valence-corrected chi connectivity index (χ4v) is 1.46. The van der Waals surface area contributed by atoms with Crippen LogP contribution in [0.5, 0.6) is 0 Å². The highest BCUT2D eigenvalue weighted by molar-refractivity contribution is 9.10. The first kappa shape index (κ1) is 11.5. The Bertz CT molecular complexity index is 303. The molecule has 1 atom stereocenters. The van der Waals surface area contributed by atoms with Crippen LogP contribution >= 0.6 is 15.9 Å². The zero-order chi connectivity index (χ0) is 10.6. The summed E-state index contributed by atoms with van der Waals surface area (Å²) in [5, 5.41) is 3.40. The second-order valence-corrected chi connectivity index (χ2v) is 4.53. The maximum Gasteiger partial charge on any atom is 0.0294 e. The molecule has 0 saturated heterocycles. The summed E-state index contributed by atoms with van der Waals surface area (Å²) < 4.78 is 1.12. The zero-order valence-electron chi connectivity index (χ0n) is 8.68. The average molecular weight is 254 g/mol. The first-order chi connectivity index (χ1) is 6.59. The summed E-state index contributed by atoms with van der Waals surface area (Å²) in [5.74, 6) is 0. The van der Waals surface area contributed by atoms with E-state index < -0.39 is 0 Å². The largest absolute Gasteiger partial charge is 0.306 e. The van der Waals surface area contributed by atoms with Gasteiger partial charge in [0.25, 0.3) is 0 Å². The van der Waals surface area contributed by atoms with Crippen molar-refractivity contribution in [2.75, 3.05) is 6.54 Å². The third-order valence-corrected chi connectivity index (χ3v) is 2.61. The highest BCUT2D eigenvalue weighted by atomic mass is 79.9. The molecule has 0 aliphatic rings. The lowest BCUT2D eigenvalue weighted by molar-refractivity contribution is 0.607. The molecule has 0 aliphatic carbocycles. The van der Waals surface area contributed by atoms with Crippen LogP contribution in [0.25, 0.3) is 0 Å². The molecule has 1 aromatic carbocycles. The molecule has 0 bridgehead atoms. The number of benzene rings is 1. The van der Waals surface area contributed by atoms with Crippen molar-refractivity contribution < 1.29 is 0 Å². The van der Waals surface area contributed by atoms with E-state index in [0.29, 0.717) is 6.04 Å². The molecule has 0 unspecified atom stereocenters. The summed E-state index contributed by atoms with van der Waals surface area (Å²) in [5.41, 5.74) is 2.46. The van der Waals surface area contributed by atoms with Crippen LogP contribution in [0, 0.1) is 0 Å². The van der Waals surface area contributed by atoms with Gasteiger partial charge >= 0.3 is 0 Å². The topological polar surface area (TPSA) is 12.0 Å². The van der Waals surface area contributed by atoms with Gasteiger partial charge in [0.15, 0.2) is 0 Å². The second kappa shape index (κ2) is 5.32. The molecule has 2 heteroatoms. The van der Waals surface area contributed by atoms with E-state index in [2.05, 4.69) is 59.0 Å². The first-order valence-electron chi connectivity index (χ1n) is 4.73. The van der Waals surface area contributed by atoms with Crippen LogP contribution < -0.4 is 5.32 Å². The van der Waals surface area contributed by atoms with Crippen molar-refractivity contribution in [3.05, 3.63) is 46.5 Å². The molecule has 76 valence electrons. The van der Waals surface area contributed by atoms with Gasteiger partial charge < -0.3 is 5.32 Å². The minimum absolute atomic E-state index is 0.375. The fraction of sp³-hybridized carbons (Fsp3) is 0.333. The SMILES string of the molecule is C=C(C)CN[C@@H](C)c1ccc(Br)cc1. The molecule has 0 heterocycles. The molecule has 0 amide bonds. The zero-order valence-corrected chi connectivity index (χ0v) is 10.3. The van der Waals surface area contributed by atoms with Gasteiger partial charge in [0.05, 0.1) is 0 Å². The molecule has 0 aliphatic heterocycles. The third kappa shape index (κ3) is 3.64. The fourth-order valence-electron chi connectivity index (χ4n) is 1.20. The van der Waals surface area contributed by atoms with Gasteiger partial charge in [0, 0.05) is 17.1 Å². The lowest BCUT2D eigenvalue weighted by Crippen LogP contribution is -2.20. The Labute approximate surface area is 94.3 Å². The number of rotatable bonds is 4. The van der Waals surface area contributed by atoms with Crippen molar-refractivity contribution in [2.45, 2.75) is 19.9 Å². The Hall–Kier alpha value is -0.600. The van der Waals surface area contributed by atoms with E-state index >= 15 is 0 Å². The Kier molecular flexibility index (Phi) is 4.36. The van der Waals surface area contributed by atoms with Gasteiger partial charge in [0.1, 0.15) is 0 Å². The molecular weight excluding hydrogens is 238 g/mol. The summed E-state index contributed by atoms with van der Waals surface area (Å²) in [7, 11) is 0. The van der Waals surface area contributed by atoms with E-state index in [1.165, 1.54) is 5.56 Å². The van der Waals surface area contributed by atoms with Crippen molar-refractivity contribution in [3.8, 4) is 0 Å². The summed E-state index contributed by atoms with van der Waals surface area (Å²) >= 11 is 3.42. The van der Waals surface area contributed by atoms with Crippen molar-refractivity contribution >= 4 is 15.9 Å². The smallest absolute Gasteiger partial charge is 0.0294 e. The van der Waals surface area contributed by atoms with Crippen LogP contribution in [0.2, 0.25) is 0 Å². The Morgan fingerprint density at radius 2 is 2.00 bits per heavy atom. The quantitative estimate of drug-likeness (QED) is 0.808. The van der Waals surface area contributed by atoms with E-state index in [-0.39, 0.29) is 0 Å². The molecular formula is C12H16BrN. The molecule has 14 heavy (non-hydrogen) atoms. The standard InChI is InChI=1S/C12H16BrN/c1-9(2)8-14-10(3)11-4-6-12(13)7-5-11/h4-7,10,14H,1,8H2,2-3H3/t10-/m0/s1. The molecule has 1 rings (SSSR count). The molecule has 1 nitrogen and oxygen atoms in total. The van der Waals surface area contributed by atoms with Gasteiger partial charge in [-0.25, -0.2) is 0 Å². The molecule has 1 N–H and O–H groups in total. The molecule has 0 saturated carbocycles. The van der Waals surface area contributed by atoms with Crippen molar-refractivity contribution in [1.82, 2.24) is 5.32 Å². The van der Waals surface area contributed by atoms with E-state index in [1.807, 2.05) is 6.92 Å². The lowest BCUT2D eigenvalue weighted by Gasteiger charge is -2.14. The highest BCUT2D eigenvalue weighted by Gasteiger charge is 2.03. The molecule has 0 aromatic heterocycles. The maximum absolute atomic E-state index is 3.86. The van der Waals surface area contributed by atoms with Crippen molar-refractivity contribution in [1.29, 1.82) is 0 Å². The van der Waals surface area contributed by atoms with E-state index in [1.54, 1.807) is 0 Å². The van der Waals surface area contributed by atoms with Crippen LogP contribution in [-0.4, -0.2) is 6.54 Å². The number of nitrogens with one attached hydrogen (secondary N) is 1. The summed E-state index contributed by atoms with van der Waals surface area (Å²) in [4.78, 5) is 0. The number of halogens is 1. The van der Waals surface area contributed by atoms with Crippen LogP contribution in [0.15, 0.2) is 40.9 Å². The average Bonchev–Trinajstić information content (AvgIpc) is 2.15. The maximum atomic E-state index is 3.86. The predicted octanol–water partition coefficient (Wildman–Crippen LogP) is 3.68.